The van der Waals surface area contributed by atoms with Crippen molar-refractivity contribution in [2.75, 3.05) is 5.73 Å². The van der Waals surface area contributed by atoms with Crippen LogP contribution in [0.5, 0.6) is 0 Å². The molecule has 1 heterocycles. The summed E-state index contributed by atoms with van der Waals surface area (Å²) in [5.41, 5.74) is 9.96. The highest BCUT2D eigenvalue weighted by molar-refractivity contribution is 9.10. The van der Waals surface area contributed by atoms with E-state index in [2.05, 4.69) is 21.1 Å². The number of anilines is 1. The summed E-state index contributed by atoms with van der Waals surface area (Å²) in [7, 11) is 0. The first kappa shape index (κ1) is 10.2. The van der Waals surface area contributed by atoms with Gasteiger partial charge in [0, 0.05) is 4.47 Å². The molecule has 0 aliphatic carbocycles. The summed E-state index contributed by atoms with van der Waals surface area (Å²) in [6.07, 6.45) is 1.65. The molecule has 4 heteroatoms. The highest BCUT2D eigenvalue weighted by Crippen LogP contribution is 2.34. The first-order valence-electron chi connectivity index (χ1n) is 4.57. The average molecular weight is 267 g/mol. The minimum atomic E-state index is 0.360. The predicted molar refractivity (Wildman–Crippen MR) is 63.5 cm³/mol. The van der Waals surface area contributed by atoms with Crippen molar-refractivity contribution < 1.29 is 4.52 Å². The third-order valence-corrected chi connectivity index (χ3v) is 3.33. The maximum Gasteiger partial charge on any atom is 0.229 e. The second kappa shape index (κ2) is 3.70. The van der Waals surface area contributed by atoms with Gasteiger partial charge in [-0.1, -0.05) is 27.2 Å². The van der Waals surface area contributed by atoms with Crippen LogP contribution in [-0.2, 0) is 0 Å². The van der Waals surface area contributed by atoms with Crippen molar-refractivity contribution in [1.29, 1.82) is 0 Å². The lowest BCUT2D eigenvalue weighted by Crippen LogP contribution is -1.91. The molecule has 1 aromatic heterocycles. The predicted octanol–water partition coefficient (Wildman–Crippen LogP) is 3.30. The van der Waals surface area contributed by atoms with E-state index in [1.165, 1.54) is 0 Å². The van der Waals surface area contributed by atoms with Crippen LogP contribution in [-0.4, -0.2) is 5.16 Å². The lowest BCUT2D eigenvalue weighted by Gasteiger charge is -2.09. The minimum Gasteiger partial charge on any atom is -0.367 e. The molecule has 0 aliphatic heterocycles. The Balaban J connectivity index is 2.72. The van der Waals surface area contributed by atoms with Crippen LogP contribution in [0.15, 0.2) is 27.3 Å². The third kappa shape index (κ3) is 1.65. The molecule has 78 valence electrons. The maximum atomic E-state index is 5.72. The summed E-state index contributed by atoms with van der Waals surface area (Å²) in [5, 5.41) is 3.69. The van der Waals surface area contributed by atoms with E-state index in [9.17, 15) is 0 Å². The molecular weight excluding hydrogens is 256 g/mol. The topological polar surface area (TPSA) is 52.0 Å². The van der Waals surface area contributed by atoms with Crippen LogP contribution < -0.4 is 5.73 Å². The second-order valence-electron chi connectivity index (χ2n) is 3.47. The van der Waals surface area contributed by atoms with Gasteiger partial charge in [-0.25, -0.2) is 0 Å². The Hall–Kier alpha value is -1.29. The second-order valence-corrected chi connectivity index (χ2v) is 4.32. The van der Waals surface area contributed by atoms with Crippen LogP contribution in [0.3, 0.4) is 0 Å². The van der Waals surface area contributed by atoms with Crippen molar-refractivity contribution in [3.05, 3.63) is 33.9 Å². The molecule has 1 aromatic carbocycles. The number of halogens is 1. The van der Waals surface area contributed by atoms with E-state index in [0.717, 1.165) is 26.7 Å². The Morgan fingerprint density at radius 2 is 2.07 bits per heavy atom. The zero-order valence-corrected chi connectivity index (χ0v) is 10.1. The van der Waals surface area contributed by atoms with Gasteiger partial charge in [0.25, 0.3) is 0 Å². The van der Waals surface area contributed by atoms with Crippen molar-refractivity contribution in [3.8, 4) is 11.1 Å². The summed E-state index contributed by atoms with van der Waals surface area (Å²) < 4.78 is 5.94. The summed E-state index contributed by atoms with van der Waals surface area (Å²) in [4.78, 5) is 0. The molecule has 0 unspecified atom stereocenters. The van der Waals surface area contributed by atoms with Gasteiger partial charge in [0.2, 0.25) is 5.88 Å². The molecule has 0 spiro atoms. The van der Waals surface area contributed by atoms with Gasteiger partial charge in [0.1, 0.15) is 0 Å². The quantitative estimate of drug-likeness (QED) is 0.862. The van der Waals surface area contributed by atoms with E-state index in [1.54, 1.807) is 6.20 Å². The third-order valence-electron chi connectivity index (χ3n) is 2.47. The molecule has 2 rings (SSSR count). The molecule has 0 radical (unpaired) electrons. The van der Waals surface area contributed by atoms with Crippen molar-refractivity contribution in [2.24, 2.45) is 0 Å². The first-order chi connectivity index (χ1) is 7.11. The number of nitrogens with zero attached hydrogens (tertiary/aromatic N) is 1. The van der Waals surface area contributed by atoms with E-state index >= 15 is 0 Å². The van der Waals surface area contributed by atoms with Crippen molar-refractivity contribution in [2.45, 2.75) is 13.8 Å². The number of aromatic nitrogens is 1. The highest BCUT2D eigenvalue weighted by Gasteiger charge is 2.13. The van der Waals surface area contributed by atoms with Gasteiger partial charge in [-0.3, -0.25) is 0 Å². The van der Waals surface area contributed by atoms with Gasteiger partial charge in [-0.15, -0.1) is 0 Å². The van der Waals surface area contributed by atoms with E-state index in [-0.39, 0.29) is 0 Å². The van der Waals surface area contributed by atoms with Gasteiger partial charge in [0.05, 0.1) is 11.8 Å². The molecule has 0 amide bonds. The summed E-state index contributed by atoms with van der Waals surface area (Å²) in [6, 6.07) is 4.07. The number of benzene rings is 1. The fourth-order valence-electron chi connectivity index (χ4n) is 1.67. The normalized spacial score (nSPS) is 10.6. The molecule has 0 bridgehead atoms. The molecule has 2 N–H and O–H groups in total. The lowest BCUT2D eigenvalue weighted by molar-refractivity contribution is 0.436. The van der Waals surface area contributed by atoms with E-state index in [1.807, 2.05) is 26.0 Å². The van der Waals surface area contributed by atoms with Crippen molar-refractivity contribution >= 4 is 21.8 Å². The Kier molecular flexibility index (Phi) is 2.52. The van der Waals surface area contributed by atoms with Gasteiger partial charge in [0.15, 0.2) is 0 Å². The number of aryl methyl sites for hydroxylation is 1. The summed E-state index contributed by atoms with van der Waals surface area (Å²) in [6.45, 7) is 4.08. The SMILES string of the molecule is Cc1ccc(Br)c(C)c1-c1cnoc1N. The van der Waals surface area contributed by atoms with Gasteiger partial charge in [-0.05, 0) is 36.6 Å². The van der Waals surface area contributed by atoms with Gasteiger partial charge < -0.3 is 10.3 Å². The largest absolute Gasteiger partial charge is 0.367 e. The zero-order valence-electron chi connectivity index (χ0n) is 8.54. The van der Waals surface area contributed by atoms with E-state index in [4.69, 9.17) is 10.3 Å². The Morgan fingerprint density at radius 1 is 1.33 bits per heavy atom. The average Bonchev–Trinajstić information content (AvgIpc) is 2.60. The number of nitrogen functional groups attached to an aromatic ring is 1. The number of hydrogen-bond donors (Lipinski definition) is 1. The molecule has 0 fully saturated rings. The minimum absolute atomic E-state index is 0.360. The van der Waals surface area contributed by atoms with E-state index < -0.39 is 0 Å². The van der Waals surface area contributed by atoms with Crippen LogP contribution in [0.4, 0.5) is 5.88 Å². The summed E-state index contributed by atoms with van der Waals surface area (Å²) >= 11 is 3.50. The molecule has 0 saturated carbocycles. The lowest BCUT2D eigenvalue weighted by atomic mass is 9.98. The smallest absolute Gasteiger partial charge is 0.229 e. The number of rotatable bonds is 1. The molecule has 0 saturated heterocycles. The standard InChI is InChI=1S/C11H11BrN2O/c1-6-3-4-9(12)7(2)10(6)8-5-14-15-11(8)13/h3-5H,13H2,1-2H3. The van der Waals surface area contributed by atoms with Gasteiger partial charge in [-0.2, -0.15) is 0 Å². The maximum absolute atomic E-state index is 5.72. The fourth-order valence-corrected chi connectivity index (χ4v) is 2.00. The number of hydrogen-bond acceptors (Lipinski definition) is 3. The van der Waals surface area contributed by atoms with Gasteiger partial charge >= 0.3 is 0 Å². The Bertz CT molecular complexity index is 505. The fraction of sp³-hybridized carbons (Fsp3) is 0.182. The Labute approximate surface area is 96.4 Å². The first-order valence-corrected chi connectivity index (χ1v) is 5.36. The summed E-state index contributed by atoms with van der Waals surface area (Å²) in [5.74, 6) is 0.360. The van der Waals surface area contributed by atoms with Crippen LogP contribution >= 0.6 is 15.9 Å². The monoisotopic (exact) mass is 266 g/mol. The van der Waals surface area contributed by atoms with Crippen LogP contribution in [0.2, 0.25) is 0 Å². The van der Waals surface area contributed by atoms with Crippen LogP contribution in [0, 0.1) is 13.8 Å². The molecule has 2 aromatic rings. The van der Waals surface area contributed by atoms with Crippen molar-refractivity contribution in [3.63, 3.8) is 0 Å². The highest BCUT2D eigenvalue weighted by atomic mass is 79.9. The molecular formula is C11H11BrN2O. The van der Waals surface area contributed by atoms with Crippen molar-refractivity contribution in [1.82, 2.24) is 5.16 Å². The zero-order chi connectivity index (χ0) is 11.0. The molecule has 0 aliphatic rings. The number of nitrogens with two attached hydrogens (primary N) is 1. The molecule has 3 nitrogen and oxygen atoms in total. The molecule has 15 heavy (non-hydrogen) atoms. The van der Waals surface area contributed by atoms with Crippen LogP contribution in [0.25, 0.3) is 11.1 Å². The molecule has 0 atom stereocenters. The Morgan fingerprint density at radius 3 is 2.67 bits per heavy atom. The van der Waals surface area contributed by atoms with Crippen LogP contribution in [0.1, 0.15) is 11.1 Å². The van der Waals surface area contributed by atoms with E-state index in [0.29, 0.717) is 5.88 Å².